The Morgan fingerprint density at radius 2 is 2.25 bits per heavy atom. The van der Waals surface area contributed by atoms with Crippen LogP contribution in [0.2, 0.25) is 0 Å². The van der Waals surface area contributed by atoms with E-state index in [-0.39, 0.29) is 6.10 Å². The van der Waals surface area contributed by atoms with Crippen molar-refractivity contribution in [3.63, 3.8) is 0 Å². The molecule has 1 fully saturated rings. The van der Waals surface area contributed by atoms with E-state index in [1.807, 2.05) is 0 Å². The van der Waals surface area contributed by atoms with Gasteiger partial charge in [0.25, 0.3) is 0 Å². The Morgan fingerprint density at radius 1 is 1.75 bits per heavy atom. The number of aliphatic hydroxyl groups is 1. The summed E-state index contributed by atoms with van der Waals surface area (Å²) in [5.74, 6) is -0.782. The number of epoxide rings is 1. The lowest BCUT2D eigenvalue weighted by atomic mass is 10.2. The normalized spacial score (nSPS) is 44.6. The third kappa shape index (κ3) is 1.01. The highest BCUT2D eigenvalue weighted by molar-refractivity contribution is 4.87. The summed E-state index contributed by atoms with van der Waals surface area (Å²) in [5, 5.41) is 9.00. The van der Waals surface area contributed by atoms with E-state index in [0.717, 1.165) is 12.8 Å². The van der Waals surface area contributed by atoms with Gasteiger partial charge in [0.15, 0.2) is 5.79 Å². The maximum Gasteiger partial charge on any atom is 0.190 e. The van der Waals surface area contributed by atoms with Crippen LogP contribution >= 0.6 is 0 Å². The second-order valence-corrected chi connectivity index (χ2v) is 2.45. The summed E-state index contributed by atoms with van der Waals surface area (Å²) in [6.45, 7) is 3.78. The maximum absolute atomic E-state index is 9.00. The molecule has 1 heterocycles. The molecular weight excluding hydrogens is 104 g/mol. The van der Waals surface area contributed by atoms with E-state index in [0.29, 0.717) is 0 Å². The lowest BCUT2D eigenvalue weighted by molar-refractivity contribution is 0.0549. The van der Waals surface area contributed by atoms with Gasteiger partial charge in [-0.1, -0.05) is 13.3 Å². The van der Waals surface area contributed by atoms with E-state index in [2.05, 4.69) is 6.92 Å². The predicted octanol–water partition coefficient (Wildman–Crippen LogP) is 0.894. The third-order valence-corrected chi connectivity index (χ3v) is 1.47. The SMILES string of the molecule is CCC[C@@H]1O[C@@]1(C)O. The van der Waals surface area contributed by atoms with Crippen molar-refractivity contribution in [2.24, 2.45) is 0 Å². The average Bonchev–Trinajstić information content (AvgIpc) is 2.15. The van der Waals surface area contributed by atoms with Gasteiger partial charge in [0.05, 0.1) is 0 Å². The van der Waals surface area contributed by atoms with Crippen molar-refractivity contribution >= 4 is 0 Å². The van der Waals surface area contributed by atoms with Gasteiger partial charge in [-0.15, -0.1) is 0 Å². The van der Waals surface area contributed by atoms with Crippen LogP contribution in [0, 0.1) is 0 Å². The fourth-order valence-electron chi connectivity index (χ4n) is 0.843. The number of rotatable bonds is 2. The van der Waals surface area contributed by atoms with Gasteiger partial charge in [0, 0.05) is 0 Å². The Bertz CT molecular complexity index is 88.5. The summed E-state index contributed by atoms with van der Waals surface area (Å²) in [4.78, 5) is 0. The van der Waals surface area contributed by atoms with Crippen molar-refractivity contribution in [1.29, 1.82) is 0 Å². The molecule has 2 nitrogen and oxygen atoms in total. The Hall–Kier alpha value is -0.0800. The Kier molecular flexibility index (Phi) is 1.29. The monoisotopic (exact) mass is 116 g/mol. The molecule has 0 aromatic rings. The first kappa shape index (κ1) is 6.05. The quantitative estimate of drug-likeness (QED) is 0.543. The summed E-state index contributed by atoms with van der Waals surface area (Å²) in [5.41, 5.74) is 0. The lowest BCUT2D eigenvalue weighted by Gasteiger charge is -1.90. The smallest absolute Gasteiger partial charge is 0.190 e. The second-order valence-electron chi connectivity index (χ2n) is 2.45. The second kappa shape index (κ2) is 1.71. The topological polar surface area (TPSA) is 32.8 Å². The Labute approximate surface area is 49.5 Å². The van der Waals surface area contributed by atoms with Crippen molar-refractivity contribution in [3.8, 4) is 0 Å². The zero-order valence-electron chi connectivity index (χ0n) is 5.35. The number of hydrogen-bond donors (Lipinski definition) is 1. The van der Waals surface area contributed by atoms with Gasteiger partial charge in [0.2, 0.25) is 0 Å². The first-order chi connectivity index (χ1) is 3.67. The largest absolute Gasteiger partial charge is 0.364 e. The lowest BCUT2D eigenvalue weighted by Crippen LogP contribution is -2.06. The van der Waals surface area contributed by atoms with Gasteiger partial charge >= 0.3 is 0 Å². The molecule has 2 atom stereocenters. The molecule has 0 bridgehead atoms. The molecule has 0 saturated carbocycles. The summed E-state index contributed by atoms with van der Waals surface area (Å²) in [6.07, 6.45) is 2.18. The van der Waals surface area contributed by atoms with Crippen LogP contribution in [0.15, 0.2) is 0 Å². The predicted molar refractivity (Wildman–Crippen MR) is 30.4 cm³/mol. The standard InChI is InChI=1S/C6H12O2/c1-3-4-5-6(2,7)8-5/h5,7H,3-4H2,1-2H3/t5-,6+/m0/s1. The third-order valence-electron chi connectivity index (χ3n) is 1.47. The van der Waals surface area contributed by atoms with Crippen molar-refractivity contribution in [2.45, 2.75) is 38.6 Å². The van der Waals surface area contributed by atoms with E-state index in [1.165, 1.54) is 0 Å². The van der Waals surface area contributed by atoms with Crippen molar-refractivity contribution < 1.29 is 9.84 Å². The molecule has 1 aliphatic heterocycles. The van der Waals surface area contributed by atoms with E-state index in [1.54, 1.807) is 6.92 Å². The highest BCUT2D eigenvalue weighted by Crippen LogP contribution is 2.35. The molecule has 0 aliphatic carbocycles. The maximum atomic E-state index is 9.00. The van der Waals surface area contributed by atoms with E-state index in [4.69, 9.17) is 9.84 Å². The summed E-state index contributed by atoms with van der Waals surface area (Å²) < 4.78 is 4.90. The molecule has 0 aromatic heterocycles. The van der Waals surface area contributed by atoms with Gasteiger partial charge in [-0.05, 0) is 13.3 Å². The molecule has 8 heavy (non-hydrogen) atoms. The average molecular weight is 116 g/mol. The van der Waals surface area contributed by atoms with Gasteiger partial charge in [-0.25, -0.2) is 0 Å². The molecule has 2 heteroatoms. The molecule has 0 aromatic carbocycles. The fraction of sp³-hybridized carbons (Fsp3) is 1.00. The first-order valence-electron chi connectivity index (χ1n) is 3.07. The number of hydrogen-bond acceptors (Lipinski definition) is 2. The summed E-state index contributed by atoms with van der Waals surface area (Å²) in [7, 11) is 0. The van der Waals surface area contributed by atoms with Crippen molar-refractivity contribution in [2.75, 3.05) is 0 Å². The molecule has 1 saturated heterocycles. The van der Waals surface area contributed by atoms with Crippen LogP contribution in [0.25, 0.3) is 0 Å². The highest BCUT2D eigenvalue weighted by Gasteiger charge is 2.49. The molecule has 0 amide bonds. The van der Waals surface area contributed by atoms with Crippen LogP contribution in [0.4, 0.5) is 0 Å². The minimum absolute atomic E-state index is 0.118. The molecule has 1 N–H and O–H groups in total. The molecule has 1 aliphatic rings. The zero-order chi connectivity index (χ0) is 6.20. The molecule has 48 valence electrons. The van der Waals surface area contributed by atoms with Crippen LogP contribution in [0.3, 0.4) is 0 Å². The van der Waals surface area contributed by atoms with Crippen LogP contribution in [0.5, 0.6) is 0 Å². The Morgan fingerprint density at radius 3 is 2.38 bits per heavy atom. The summed E-state index contributed by atoms with van der Waals surface area (Å²) in [6, 6.07) is 0. The molecular formula is C6H12O2. The number of ether oxygens (including phenoxy) is 1. The van der Waals surface area contributed by atoms with Gasteiger partial charge < -0.3 is 9.84 Å². The molecule has 0 spiro atoms. The van der Waals surface area contributed by atoms with Gasteiger partial charge in [-0.3, -0.25) is 0 Å². The highest BCUT2D eigenvalue weighted by atomic mass is 16.7. The fourth-order valence-corrected chi connectivity index (χ4v) is 0.843. The van der Waals surface area contributed by atoms with Crippen molar-refractivity contribution in [1.82, 2.24) is 0 Å². The first-order valence-corrected chi connectivity index (χ1v) is 3.07. The van der Waals surface area contributed by atoms with Crippen LogP contribution < -0.4 is 0 Å². The minimum Gasteiger partial charge on any atom is -0.364 e. The van der Waals surface area contributed by atoms with Crippen LogP contribution in [0.1, 0.15) is 26.7 Å². The molecule has 0 radical (unpaired) electrons. The molecule has 1 rings (SSSR count). The van der Waals surface area contributed by atoms with Crippen LogP contribution in [-0.4, -0.2) is 17.0 Å². The van der Waals surface area contributed by atoms with Crippen molar-refractivity contribution in [3.05, 3.63) is 0 Å². The van der Waals surface area contributed by atoms with Crippen LogP contribution in [-0.2, 0) is 4.74 Å². The minimum atomic E-state index is -0.782. The van der Waals surface area contributed by atoms with E-state index >= 15 is 0 Å². The zero-order valence-corrected chi connectivity index (χ0v) is 5.35. The van der Waals surface area contributed by atoms with Gasteiger partial charge in [-0.2, -0.15) is 0 Å². The Balaban J connectivity index is 2.17. The molecule has 0 unspecified atom stereocenters. The van der Waals surface area contributed by atoms with Gasteiger partial charge in [0.1, 0.15) is 6.10 Å². The van der Waals surface area contributed by atoms with E-state index < -0.39 is 5.79 Å². The summed E-state index contributed by atoms with van der Waals surface area (Å²) >= 11 is 0. The van der Waals surface area contributed by atoms with E-state index in [9.17, 15) is 0 Å².